The Hall–Kier alpha value is -0.650. The Morgan fingerprint density at radius 1 is 1.62 bits per heavy atom. The molecule has 3 nitrogen and oxygen atoms in total. The molecule has 0 aliphatic carbocycles. The van der Waals surface area contributed by atoms with Crippen LogP contribution in [0.1, 0.15) is 5.56 Å². The number of aryl methyl sites for hydroxylation is 1. The molecule has 2 aromatic rings. The molecule has 16 heavy (non-hydrogen) atoms. The van der Waals surface area contributed by atoms with Crippen molar-refractivity contribution in [1.29, 1.82) is 0 Å². The zero-order chi connectivity index (χ0) is 11.7. The van der Waals surface area contributed by atoms with Gasteiger partial charge in [-0.15, -0.1) is 11.6 Å². The zero-order valence-corrected chi connectivity index (χ0v) is 11.5. The predicted molar refractivity (Wildman–Crippen MR) is 71.4 cm³/mol. The fourth-order valence-corrected chi connectivity index (χ4v) is 2.62. The Balaban J connectivity index is 2.40. The van der Waals surface area contributed by atoms with Crippen molar-refractivity contribution >= 4 is 60.1 Å². The molecule has 0 atom stereocenters. The van der Waals surface area contributed by atoms with Crippen LogP contribution in [0.5, 0.6) is 0 Å². The summed E-state index contributed by atoms with van der Waals surface area (Å²) in [6.45, 7) is 2.01. The highest BCUT2D eigenvalue weighted by Gasteiger charge is 2.08. The van der Waals surface area contributed by atoms with Crippen molar-refractivity contribution in [2.24, 2.45) is 0 Å². The van der Waals surface area contributed by atoms with Crippen LogP contribution in [0, 0.1) is 6.92 Å². The first-order chi connectivity index (χ1) is 7.60. The van der Waals surface area contributed by atoms with Crippen molar-refractivity contribution in [3.63, 3.8) is 0 Å². The van der Waals surface area contributed by atoms with Crippen LogP contribution in [-0.4, -0.2) is 16.8 Å². The lowest BCUT2D eigenvalue weighted by Gasteiger charge is -1.95. The summed E-state index contributed by atoms with van der Waals surface area (Å²) in [7, 11) is 0. The van der Waals surface area contributed by atoms with Crippen molar-refractivity contribution in [3.8, 4) is 0 Å². The second-order valence-electron chi connectivity index (χ2n) is 3.27. The molecule has 0 bridgehead atoms. The molecule has 6 heteroatoms. The van der Waals surface area contributed by atoms with Crippen LogP contribution < -0.4 is 5.32 Å². The second-order valence-corrected chi connectivity index (χ2v) is 5.42. The first kappa shape index (κ1) is 11.8. The standard InChI is InChI=1S/C10H8BrClN2OS/c1-5-2-8-7(3-6(5)11)13-10(16-8)14-9(15)4-12/h2-3H,4H2,1H3,(H,13,14,15). The molecule has 0 spiro atoms. The SMILES string of the molecule is Cc1cc2sc(NC(=O)CCl)nc2cc1Br. The highest BCUT2D eigenvalue weighted by atomic mass is 79.9. The lowest BCUT2D eigenvalue weighted by atomic mass is 10.2. The van der Waals surface area contributed by atoms with Gasteiger partial charge in [-0.2, -0.15) is 0 Å². The van der Waals surface area contributed by atoms with Crippen molar-refractivity contribution in [1.82, 2.24) is 4.98 Å². The molecule has 2 rings (SSSR count). The lowest BCUT2D eigenvalue weighted by molar-refractivity contribution is -0.113. The Morgan fingerprint density at radius 3 is 3.06 bits per heavy atom. The third-order valence-electron chi connectivity index (χ3n) is 2.04. The summed E-state index contributed by atoms with van der Waals surface area (Å²) >= 11 is 10.3. The van der Waals surface area contributed by atoms with Crippen LogP contribution in [0.2, 0.25) is 0 Å². The average molecular weight is 320 g/mol. The molecule has 0 unspecified atom stereocenters. The van der Waals surface area contributed by atoms with E-state index in [9.17, 15) is 4.79 Å². The molecule has 0 saturated heterocycles. The molecule has 1 aromatic carbocycles. The Bertz CT molecular complexity index is 516. The number of benzene rings is 1. The molecule has 0 fully saturated rings. The van der Waals surface area contributed by atoms with Gasteiger partial charge in [0.05, 0.1) is 10.2 Å². The van der Waals surface area contributed by atoms with Gasteiger partial charge >= 0.3 is 0 Å². The number of nitrogens with zero attached hydrogens (tertiary/aromatic N) is 1. The molecule has 0 aliphatic heterocycles. The number of amides is 1. The van der Waals surface area contributed by atoms with E-state index in [1.54, 1.807) is 0 Å². The highest BCUT2D eigenvalue weighted by Crippen LogP contribution is 2.30. The van der Waals surface area contributed by atoms with Crippen LogP contribution >= 0.6 is 38.9 Å². The minimum absolute atomic E-state index is 0.0569. The molecule has 0 aliphatic rings. The van der Waals surface area contributed by atoms with Crippen LogP contribution in [0.4, 0.5) is 5.13 Å². The van der Waals surface area contributed by atoms with Gasteiger partial charge in [0, 0.05) is 4.47 Å². The fraction of sp³-hybridized carbons (Fsp3) is 0.200. The van der Waals surface area contributed by atoms with Gasteiger partial charge in [-0.05, 0) is 24.6 Å². The Labute approximate surface area is 110 Å². The van der Waals surface area contributed by atoms with Crippen LogP contribution in [-0.2, 0) is 4.79 Å². The number of carbonyl (C=O) groups excluding carboxylic acids is 1. The Morgan fingerprint density at radius 2 is 2.38 bits per heavy atom. The molecule has 1 heterocycles. The van der Waals surface area contributed by atoms with Crippen LogP contribution in [0.25, 0.3) is 10.2 Å². The largest absolute Gasteiger partial charge is 0.301 e. The second kappa shape index (κ2) is 4.69. The predicted octanol–water partition coefficient (Wildman–Crippen LogP) is 3.54. The summed E-state index contributed by atoms with van der Waals surface area (Å²) in [6, 6.07) is 3.98. The number of aromatic nitrogens is 1. The topological polar surface area (TPSA) is 42.0 Å². The van der Waals surface area contributed by atoms with E-state index in [0.717, 1.165) is 20.3 Å². The number of hydrogen-bond acceptors (Lipinski definition) is 3. The number of halogens is 2. The van der Waals surface area contributed by atoms with E-state index in [1.807, 2.05) is 19.1 Å². The van der Waals surface area contributed by atoms with E-state index in [1.165, 1.54) is 11.3 Å². The maximum atomic E-state index is 11.1. The number of hydrogen-bond donors (Lipinski definition) is 1. The van der Waals surface area contributed by atoms with E-state index < -0.39 is 0 Å². The number of fused-ring (bicyclic) bond motifs is 1. The molecule has 0 radical (unpaired) electrons. The van der Waals surface area contributed by atoms with Gasteiger partial charge in [0.15, 0.2) is 5.13 Å². The monoisotopic (exact) mass is 318 g/mol. The third kappa shape index (κ3) is 2.36. The summed E-state index contributed by atoms with van der Waals surface area (Å²) in [6.07, 6.45) is 0. The molecule has 0 saturated carbocycles. The first-order valence-corrected chi connectivity index (χ1v) is 6.67. The number of rotatable bonds is 2. The van der Waals surface area contributed by atoms with E-state index >= 15 is 0 Å². The minimum Gasteiger partial charge on any atom is -0.301 e. The number of anilines is 1. The minimum atomic E-state index is -0.239. The van der Waals surface area contributed by atoms with Gasteiger partial charge in [0.1, 0.15) is 5.88 Å². The maximum Gasteiger partial charge on any atom is 0.241 e. The summed E-state index contributed by atoms with van der Waals surface area (Å²) < 4.78 is 2.06. The summed E-state index contributed by atoms with van der Waals surface area (Å²) in [5.41, 5.74) is 2.01. The molecule has 1 aromatic heterocycles. The summed E-state index contributed by atoms with van der Waals surface area (Å²) in [5, 5.41) is 3.22. The third-order valence-corrected chi connectivity index (χ3v) is 4.07. The smallest absolute Gasteiger partial charge is 0.241 e. The highest BCUT2D eigenvalue weighted by molar-refractivity contribution is 9.10. The molecule has 1 amide bonds. The van der Waals surface area contributed by atoms with Crippen LogP contribution in [0.15, 0.2) is 16.6 Å². The maximum absolute atomic E-state index is 11.1. The molecule has 1 N–H and O–H groups in total. The molecular formula is C10H8BrClN2OS. The molecular weight excluding hydrogens is 312 g/mol. The molecule has 84 valence electrons. The number of nitrogens with one attached hydrogen (secondary N) is 1. The number of alkyl halides is 1. The normalized spacial score (nSPS) is 10.7. The Kier molecular flexibility index (Phi) is 3.47. The van der Waals surface area contributed by atoms with E-state index in [0.29, 0.717) is 5.13 Å². The van der Waals surface area contributed by atoms with E-state index in [4.69, 9.17) is 11.6 Å². The zero-order valence-electron chi connectivity index (χ0n) is 8.38. The van der Waals surface area contributed by atoms with Gasteiger partial charge < -0.3 is 5.32 Å². The van der Waals surface area contributed by atoms with Gasteiger partial charge in [0.2, 0.25) is 5.91 Å². The van der Waals surface area contributed by atoms with Crippen molar-refractivity contribution in [2.45, 2.75) is 6.92 Å². The summed E-state index contributed by atoms with van der Waals surface area (Å²) in [5.74, 6) is -0.296. The number of carbonyl (C=O) groups is 1. The lowest BCUT2D eigenvalue weighted by Crippen LogP contribution is -2.11. The quantitative estimate of drug-likeness (QED) is 0.860. The fourth-order valence-electron chi connectivity index (χ4n) is 1.26. The summed E-state index contributed by atoms with van der Waals surface area (Å²) in [4.78, 5) is 15.4. The number of thiazole rings is 1. The van der Waals surface area contributed by atoms with Gasteiger partial charge in [0.25, 0.3) is 0 Å². The average Bonchev–Trinajstić information content (AvgIpc) is 2.60. The van der Waals surface area contributed by atoms with E-state index in [-0.39, 0.29) is 11.8 Å². The van der Waals surface area contributed by atoms with E-state index in [2.05, 4.69) is 26.2 Å². The van der Waals surface area contributed by atoms with Crippen molar-refractivity contribution in [2.75, 3.05) is 11.2 Å². The van der Waals surface area contributed by atoms with Gasteiger partial charge in [-0.3, -0.25) is 4.79 Å². The first-order valence-electron chi connectivity index (χ1n) is 4.52. The van der Waals surface area contributed by atoms with Crippen LogP contribution in [0.3, 0.4) is 0 Å². The van der Waals surface area contributed by atoms with Crippen molar-refractivity contribution in [3.05, 3.63) is 22.2 Å². The van der Waals surface area contributed by atoms with Gasteiger partial charge in [-0.25, -0.2) is 4.98 Å². The van der Waals surface area contributed by atoms with Gasteiger partial charge in [-0.1, -0.05) is 27.3 Å². The van der Waals surface area contributed by atoms with Crippen molar-refractivity contribution < 1.29 is 4.79 Å².